The molecule has 0 spiro atoms. The van der Waals surface area contributed by atoms with Crippen molar-refractivity contribution >= 4 is 48.8 Å². The van der Waals surface area contributed by atoms with E-state index in [1.807, 2.05) is 0 Å². The van der Waals surface area contributed by atoms with Gasteiger partial charge in [0.05, 0.1) is 0 Å². The quantitative estimate of drug-likeness (QED) is 0.546. The standard InChI is InChI=1S/C7H8BrISi/c8-6-3-5(4-10)1-2-7(6)9/h1-3H,4H2,10H3. The zero-order valence-electron chi connectivity index (χ0n) is 5.70. The summed E-state index contributed by atoms with van der Waals surface area (Å²) in [6.45, 7) is 0. The highest BCUT2D eigenvalue weighted by molar-refractivity contribution is 14.1. The second-order valence-electron chi connectivity index (χ2n) is 2.10. The molecule has 1 aromatic rings. The van der Waals surface area contributed by atoms with Crippen molar-refractivity contribution < 1.29 is 0 Å². The number of hydrogen-bond donors (Lipinski definition) is 0. The molecule has 0 radical (unpaired) electrons. The second kappa shape index (κ2) is 3.87. The van der Waals surface area contributed by atoms with E-state index in [1.165, 1.54) is 29.9 Å². The topological polar surface area (TPSA) is 0 Å². The Morgan fingerprint density at radius 3 is 2.70 bits per heavy atom. The molecule has 1 rings (SSSR count). The van der Waals surface area contributed by atoms with E-state index in [0.717, 1.165) is 0 Å². The van der Waals surface area contributed by atoms with Crippen molar-refractivity contribution in [2.24, 2.45) is 0 Å². The van der Waals surface area contributed by atoms with Crippen LogP contribution in [0.15, 0.2) is 22.7 Å². The minimum atomic E-state index is 1.22. The lowest BCUT2D eigenvalue weighted by atomic mass is 10.2. The fourth-order valence-corrected chi connectivity index (χ4v) is 1.96. The van der Waals surface area contributed by atoms with E-state index >= 15 is 0 Å². The molecule has 1 aromatic carbocycles. The van der Waals surface area contributed by atoms with E-state index in [1.54, 1.807) is 0 Å². The predicted octanol–water partition coefficient (Wildman–Crippen LogP) is 1.92. The highest BCUT2D eigenvalue weighted by Crippen LogP contribution is 2.19. The van der Waals surface area contributed by atoms with Crippen molar-refractivity contribution in [2.75, 3.05) is 0 Å². The third-order valence-corrected chi connectivity index (χ3v) is 4.55. The molecule has 0 fully saturated rings. The van der Waals surface area contributed by atoms with Gasteiger partial charge >= 0.3 is 0 Å². The predicted molar refractivity (Wildman–Crippen MR) is 60.5 cm³/mol. The molecule has 0 amide bonds. The average molecular weight is 327 g/mol. The van der Waals surface area contributed by atoms with Crippen LogP contribution < -0.4 is 0 Å². The highest BCUT2D eigenvalue weighted by Gasteiger charge is 1.95. The van der Waals surface area contributed by atoms with Gasteiger partial charge in [0.2, 0.25) is 0 Å². The summed E-state index contributed by atoms with van der Waals surface area (Å²) in [6, 6.07) is 7.79. The fourth-order valence-electron chi connectivity index (χ4n) is 0.760. The van der Waals surface area contributed by atoms with Gasteiger partial charge in [-0.2, -0.15) is 0 Å². The molecule has 0 aromatic heterocycles. The molecule has 0 saturated carbocycles. The largest absolute Gasteiger partial charge is 0.0582 e. The lowest BCUT2D eigenvalue weighted by molar-refractivity contribution is 1.37. The van der Waals surface area contributed by atoms with E-state index in [-0.39, 0.29) is 0 Å². The summed E-state index contributed by atoms with van der Waals surface area (Å²) in [7, 11) is 1.25. The molecule has 54 valence electrons. The number of hydrogen-bond acceptors (Lipinski definition) is 0. The highest BCUT2D eigenvalue weighted by atomic mass is 127. The van der Waals surface area contributed by atoms with E-state index in [0.29, 0.717) is 0 Å². The first kappa shape index (κ1) is 8.74. The van der Waals surface area contributed by atoms with Gasteiger partial charge in [-0.3, -0.25) is 0 Å². The normalized spacial score (nSPS) is 10.2. The molecular weight excluding hydrogens is 319 g/mol. The van der Waals surface area contributed by atoms with Crippen LogP contribution in [0.2, 0.25) is 0 Å². The maximum Gasteiger partial charge on any atom is 0.0311 e. The third kappa shape index (κ3) is 2.07. The molecule has 0 aliphatic carbocycles. The Morgan fingerprint density at radius 2 is 2.20 bits per heavy atom. The maximum atomic E-state index is 3.49. The molecule has 0 bridgehead atoms. The Balaban J connectivity index is 3.04. The summed E-state index contributed by atoms with van der Waals surface area (Å²) in [5.41, 5.74) is 1.44. The van der Waals surface area contributed by atoms with Crippen molar-refractivity contribution in [1.29, 1.82) is 0 Å². The zero-order valence-corrected chi connectivity index (χ0v) is 11.4. The van der Waals surface area contributed by atoms with Gasteiger partial charge in [-0.15, -0.1) is 0 Å². The molecule has 0 nitrogen and oxygen atoms in total. The van der Waals surface area contributed by atoms with Gasteiger partial charge < -0.3 is 0 Å². The first-order chi connectivity index (χ1) is 4.74. The Hall–Kier alpha value is 0.647. The molecular formula is C7H8BrISi. The Labute approximate surface area is 86.1 Å². The van der Waals surface area contributed by atoms with Crippen LogP contribution in [-0.2, 0) is 6.04 Å². The van der Waals surface area contributed by atoms with Crippen LogP contribution in [0.4, 0.5) is 0 Å². The van der Waals surface area contributed by atoms with Gasteiger partial charge in [-0.25, -0.2) is 0 Å². The van der Waals surface area contributed by atoms with Crippen molar-refractivity contribution in [3.63, 3.8) is 0 Å². The minimum absolute atomic E-state index is 1.22. The van der Waals surface area contributed by atoms with E-state index in [4.69, 9.17) is 0 Å². The van der Waals surface area contributed by atoms with Gasteiger partial charge in [-0.05, 0) is 56.7 Å². The average Bonchev–Trinajstić information content (AvgIpc) is 1.95. The molecule has 0 atom stereocenters. The molecule has 3 heteroatoms. The molecule has 0 N–H and O–H groups in total. The summed E-state index contributed by atoms with van der Waals surface area (Å²) in [5, 5.41) is 0. The van der Waals surface area contributed by atoms with Crippen molar-refractivity contribution in [1.82, 2.24) is 0 Å². The summed E-state index contributed by atoms with van der Waals surface area (Å²) in [5.74, 6) is 0. The minimum Gasteiger partial charge on any atom is -0.0582 e. The number of halogens is 2. The molecule has 0 aliphatic heterocycles. The van der Waals surface area contributed by atoms with Crippen LogP contribution in [0.5, 0.6) is 0 Å². The summed E-state index contributed by atoms with van der Waals surface area (Å²) in [6.07, 6.45) is 0. The molecule has 0 unspecified atom stereocenters. The first-order valence-electron chi connectivity index (χ1n) is 3.18. The molecule has 0 heterocycles. The smallest absolute Gasteiger partial charge is 0.0311 e. The van der Waals surface area contributed by atoms with E-state index in [9.17, 15) is 0 Å². The Morgan fingerprint density at radius 1 is 1.50 bits per heavy atom. The van der Waals surface area contributed by atoms with Crippen LogP contribution >= 0.6 is 38.5 Å². The van der Waals surface area contributed by atoms with Gasteiger partial charge in [0.15, 0.2) is 0 Å². The summed E-state index contributed by atoms with van der Waals surface area (Å²) < 4.78 is 2.51. The van der Waals surface area contributed by atoms with Gasteiger partial charge in [0.25, 0.3) is 0 Å². The summed E-state index contributed by atoms with van der Waals surface area (Å²) in [4.78, 5) is 0. The molecule has 10 heavy (non-hydrogen) atoms. The van der Waals surface area contributed by atoms with Crippen molar-refractivity contribution in [3.05, 3.63) is 31.8 Å². The lowest BCUT2D eigenvalue weighted by Gasteiger charge is -1.98. The fraction of sp³-hybridized carbons (Fsp3) is 0.143. The monoisotopic (exact) mass is 326 g/mol. The van der Waals surface area contributed by atoms with Gasteiger partial charge in [0.1, 0.15) is 0 Å². The summed E-state index contributed by atoms with van der Waals surface area (Å²) >= 11 is 5.82. The zero-order chi connectivity index (χ0) is 7.56. The SMILES string of the molecule is [SiH3]Cc1ccc(I)c(Br)c1. The Bertz CT molecular complexity index is 237. The third-order valence-electron chi connectivity index (χ3n) is 1.39. The van der Waals surface area contributed by atoms with Crippen LogP contribution in [0.25, 0.3) is 0 Å². The molecule has 0 saturated heterocycles. The van der Waals surface area contributed by atoms with E-state index in [2.05, 4.69) is 56.7 Å². The van der Waals surface area contributed by atoms with Crippen molar-refractivity contribution in [3.8, 4) is 0 Å². The van der Waals surface area contributed by atoms with Crippen LogP contribution in [0, 0.1) is 3.57 Å². The Kier molecular flexibility index (Phi) is 3.39. The maximum absolute atomic E-state index is 3.49. The van der Waals surface area contributed by atoms with Crippen LogP contribution in [0.3, 0.4) is 0 Å². The lowest BCUT2D eigenvalue weighted by Crippen LogP contribution is -1.84. The number of benzene rings is 1. The van der Waals surface area contributed by atoms with Crippen molar-refractivity contribution in [2.45, 2.75) is 6.04 Å². The van der Waals surface area contributed by atoms with E-state index < -0.39 is 0 Å². The first-order valence-corrected chi connectivity index (χ1v) is 6.46. The van der Waals surface area contributed by atoms with Crippen LogP contribution in [0.1, 0.15) is 5.56 Å². The second-order valence-corrected chi connectivity index (χ2v) is 4.83. The van der Waals surface area contributed by atoms with Gasteiger partial charge in [-0.1, -0.05) is 11.6 Å². The molecule has 0 aliphatic rings. The van der Waals surface area contributed by atoms with Crippen LogP contribution in [-0.4, -0.2) is 10.2 Å². The van der Waals surface area contributed by atoms with Gasteiger partial charge in [0, 0.05) is 18.3 Å². The number of rotatable bonds is 1.